The van der Waals surface area contributed by atoms with Gasteiger partial charge in [-0.25, -0.2) is 0 Å². The number of halogens is 1. The van der Waals surface area contributed by atoms with Crippen LogP contribution < -0.4 is 5.32 Å². The number of nitrogens with one attached hydrogen (secondary N) is 1. The summed E-state index contributed by atoms with van der Waals surface area (Å²) in [5, 5.41) is 3.30. The lowest BCUT2D eigenvalue weighted by molar-refractivity contribution is 0.475. The molecule has 0 unspecified atom stereocenters. The van der Waals surface area contributed by atoms with Crippen LogP contribution in [0.3, 0.4) is 0 Å². The van der Waals surface area contributed by atoms with Crippen LogP contribution in [-0.4, -0.2) is 31.0 Å². The fourth-order valence-electron chi connectivity index (χ4n) is 2.13. The van der Waals surface area contributed by atoms with Gasteiger partial charge in [-0.1, -0.05) is 36.4 Å². The topological polar surface area (TPSA) is 40.8 Å². The standard InChI is InChI=1S/C18H23N3O.HI/c1-3-12-19-18(20-13-11-17-10-7-14-22-17)21(2)15-16-8-5-4-6-9-16;/h3-10,14H,1,11-13,15H2,2H3,(H,19,20);1H. The molecule has 1 aromatic carbocycles. The first-order valence-electron chi connectivity index (χ1n) is 7.46. The molecule has 0 amide bonds. The first-order chi connectivity index (χ1) is 10.8. The lowest BCUT2D eigenvalue weighted by Crippen LogP contribution is -2.38. The highest BCUT2D eigenvalue weighted by Gasteiger charge is 2.06. The summed E-state index contributed by atoms with van der Waals surface area (Å²) >= 11 is 0. The number of guanidine groups is 1. The van der Waals surface area contributed by atoms with Gasteiger partial charge in [-0.05, 0) is 17.7 Å². The molecule has 0 saturated carbocycles. The van der Waals surface area contributed by atoms with Crippen molar-refractivity contribution in [2.75, 3.05) is 20.1 Å². The van der Waals surface area contributed by atoms with E-state index in [4.69, 9.17) is 4.42 Å². The Kier molecular flexibility index (Phi) is 9.12. The predicted octanol–water partition coefficient (Wildman–Crippen LogP) is 3.70. The second kappa shape index (κ2) is 10.9. The van der Waals surface area contributed by atoms with Crippen LogP contribution in [-0.2, 0) is 13.0 Å². The van der Waals surface area contributed by atoms with Crippen molar-refractivity contribution >= 4 is 29.9 Å². The molecule has 0 aliphatic carbocycles. The molecule has 2 aromatic rings. The van der Waals surface area contributed by atoms with Crippen molar-refractivity contribution in [1.29, 1.82) is 0 Å². The van der Waals surface area contributed by atoms with Crippen molar-refractivity contribution < 1.29 is 4.42 Å². The van der Waals surface area contributed by atoms with E-state index in [2.05, 4.69) is 33.9 Å². The van der Waals surface area contributed by atoms with E-state index in [-0.39, 0.29) is 24.0 Å². The summed E-state index contributed by atoms with van der Waals surface area (Å²) in [6.07, 6.45) is 4.32. The van der Waals surface area contributed by atoms with Crippen molar-refractivity contribution in [3.8, 4) is 0 Å². The maximum atomic E-state index is 5.33. The summed E-state index contributed by atoms with van der Waals surface area (Å²) < 4.78 is 5.33. The summed E-state index contributed by atoms with van der Waals surface area (Å²) in [5.41, 5.74) is 1.25. The van der Waals surface area contributed by atoms with Crippen LogP contribution in [0.15, 0.2) is 70.8 Å². The molecule has 0 saturated heterocycles. The Morgan fingerprint density at radius 1 is 1.26 bits per heavy atom. The predicted molar refractivity (Wildman–Crippen MR) is 106 cm³/mol. The maximum absolute atomic E-state index is 5.33. The van der Waals surface area contributed by atoms with Gasteiger partial charge in [0.25, 0.3) is 0 Å². The maximum Gasteiger partial charge on any atom is 0.194 e. The second-order valence-corrected chi connectivity index (χ2v) is 5.05. The monoisotopic (exact) mass is 425 g/mol. The van der Waals surface area contributed by atoms with E-state index in [0.717, 1.165) is 24.7 Å². The minimum atomic E-state index is 0. The van der Waals surface area contributed by atoms with Gasteiger partial charge in [0.1, 0.15) is 5.76 Å². The summed E-state index contributed by atoms with van der Waals surface area (Å²) in [4.78, 5) is 6.77. The first kappa shape index (κ1) is 19.3. The number of nitrogens with zero attached hydrogens (tertiary/aromatic N) is 2. The minimum absolute atomic E-state index is 0. The lowest BCUT2D eigenvalue weighted by atomic mass is 10.2. The van der Waals surface area contributed by atoms with Gasteiger partial charge in [-0.3, -0.25) is 4.99 Å². The van der Waals surface area contributed by atoms with Crippen molar-refractivity contribution in [2.45, 2.75) is 13.0 Å². The largest absolute Gasteiger partial charge is 0.469 e. The van der Waals surface area contributed by atoms with E-state index in [1.165, 1.54) is 5.56 Å². The van der Waals surface area contributed by atoms with Crippen LogP contribution >= 0.6 is 24.0 Å². The van der Waals surface area contributed by atoms with Gasteiger partial charge in [0, 0.05) is 33.1 Å². The Balaban J connectivity index is 0.00000264. The number of aliphatic imine (C=N–C) groups is 1. The second-order valence-electron chi connectivity index (χ2n) is 5.05. The van der Waals surface area contributed by atoms with Crippen molar-refractivity contribution in [3.05, 3.63) is 72.7 Å². The fourth-order valence-corrected chi connectivity index (χ4v) is 2.13. The van der Waals surface area contributed by atoms with Crippen LogP contribution in [0.2, 0.25) is 0 Å². The van der Waals surface area contributed by atoms with E-state index in [9.17, 15) is 0 Å². The molecular weight excluding hydrogens is 401 g/mol. The number of rotatable bonds is 7. The Hall–Kier alpha value is -1.76. The SMILES string of the molecule is C=CCNC(=NCCc1ccco1)N(C)Cc1ccccc1.I. The first-order valence-corrected chi connectivity index (χ1v) is 7.46. The minimum Gasteiger partial charge on any atom is -0.469 e. The molecule has 2 rings (SSSR count). The Labute approximate surface area is 155 Å². The van der Waals surface area contributed by atoms with E-state index < -0.39 is 0 Å². The molecule has 0 fully saturated rings. The molecule has 23 heavy (non-hydrogen) atoms. The van der Waals surface area contributed by atoms with Gasteiger partial charge in [-0.2, -0.15) is 0 Å². The average Bonchev–Trinajstić information content (AvgIpc) is 3.05. The zero-order valence-electron chi connectivity index (χ0n) is 13.4. The van der Waals surface area contributed by atoms with Crippen LogP contribution in [0.5, 0.6) is 0 Å². The van der Waals surface area contributed by atoms with Gasteiger partial charge < -0.3 is 14.6 Å². The normalized spacial score (nSPS) is 10.7. The third-order valence-electron chi connectivity index (χ3n) is 3.23. The van der Waals surface area contributed by atoms with Crippen LogP contribution in [0.4, 0.5) is 0 Å². The molecular formula is C18H24IN3O. The van der Waals surface area contributed by atoms with Crippen molar-refractivity contribution in [1.82, 2.24) is 10.2 Å². The molecule has 1 N–H and O–H groups in total. The molecule has 0 spiro atoms. The average molecular weight is 425 g/mol. The highest BCUT2D eigenvalue weighted by Crippen LogP contribution is 2.04. The van der Waals surface area contributed by atoms with Gasteiger partial charge >= 0.3 is 0 Å². The Morgan fingerprint density at radius 3 is 2.70 bits per heavy atom. The molecule has 0 bridgehead atoms. The zero-order chi connectivity index (χ0) is 15.6. The molecule has 124 valence electrons. The molecule has 1 heterocycles. The summed E-state index contributed by atoms with van der Waals surface area (Å²) in [5.74, 6) is 1.83. The number of hydrogen-bond donors (Lipinski definition) is 1. The molecule has 0 radical (unpaired) electrons. The lowest BCUT2D eigenvalue weighted by Gasteiger charge is -2.22. The van der Waals surface area contributed by atoms with Gasteiger partial charge in [0.2, 0.25) is 0 Å². The van der Waals surface area contributed by atoms with Crippen LogP contribution in [0.25, 0.3) is 0 Å². The quantitative estimate of drug-likeness (QED) is 0.318. The third kappa shape index (κ3) is 6.90. The van der Waals surface area contributed by atoms with Gasteiger partial charge in [0.15, 0.2) is 5.96 Å². The fraction of sp³-hybridized carbons (Fsp3) is 0.278. The Morgan fingerprint density at radius 2 is 2.04 bits per heavy atom. The Bertz CT molecular complexity index is 582. The number of benzene rings is 1. The molecule has 1 aromatic heterocycles. The van der Waals surface area contributed by atoms with Gasteiger partial charge in [0.05, 0.1) is 6.26 Å². The van der Waals surface area contributed by atoms with Crippen LogP contribution in [0.1, 0.15) is 11.3 Å². The van der Waals surface area contributed by atoms with Crippen molar-refractivity contribution in [2.24, 2.45) is 4.99 Å². The van der Waals surface area contributed by atoms with E-state index in [1.54, 1.807) is 6.26 Å². The molecule has 0 aliphatic heterocycles. The molecule has 4 nitrogen and oxygen atoms in total. The highest BCUT2D eigenvalue weighted by atomic mass is 127. The molecule has 0 aliphatic rings. The zero-order valence-corrected chi connectivity index (χ0v) is 15.8. The third-order valence-corrected chi connectivity index (χ3v) is 3.23. The summed E-state index contributed by atoms with van der Waals surface area (Å²) in [6.45, 7) is 5.94. The van der Waals surface area contributed by atoms with Gasteiger partial charge in [-0.15, -0.1) is 30.6 Å². The van der Waals surface area contributed by atoms with Crippen molar-refractivity contribution in [3.63, 3.8) is 0 Å². The van der Waals surface area contributed by atoms with E-state index in [0.29, 0.717) is 13.1 Å². The molecule has 5 heteroatoms. The summed E-state index contributed by atoms with van der Waals surface area (Å²) in [6, 6.07) is 14.2. The molecule has 0 atom stereocenters. The number of furan rings is 1. The summed E-state index contributed by atoms with van der Waals surface area (Å²) in [7, 11) is 2.04. The van der Waals surface area contributed by atoms with Crippen LogP contribution in [0, 0.1) is 0 Å². The highest BCUT2D eigenvalue weighted by molar-refractivity contribution is 14.0. The number of hydrogen-bond acceptors (Lipinski definition) is 2. The van der Waals surface area contributed by atoms with E-state index >= 15 is 0 Å². The smallest absolute Gasteiger partial charge is 0.194 e. The van der Waals surface area contributed by atoms with E-state index in [1.807, 2.05) is 43.5 Å².